The summed E-state index contributed by atoms with van der Waals surface area (Å²) in [4.78, 5) is 11.5. The molecule has 0 amide bonds. The third kappa shape index (κ3) is 2.86. The molecule has 0 N–H and O–H groups in total. The van der Waals surface area contributed by atoms with E-state index in [9.17, 15) is 4.79 Å². The van der Waals surface area contributed by atoms with E-state index in [0.717, 1.165) is 11.1 Å². The first-order valence-corrected chi connectivity index (χ1v) is 4.44. The summed E-state index contributed by atoms with van der Waals surface area (Å²) in [7, 11) is 0. The maximum Gasteiger partial charge on any atom is 0.162 e. The maximum atomic E-state index is 11.5. The molecule has 0 unspecified atom stereocenters. The van der Waals surface area contributed by atoms with Gasteiger partial charge in [0, 0.05) is 6.42 Å². The minimum atomic E-state index is 0.203. The van der Waals surface area contributed by atoms with Crippen LogP contribution in [-0.4, -0.2) is 5.78 Å². The molecule has 1 heteroatoms. The molecule has 0 bridgehead atoms. The molecule has 68 valence electrons. The summed E-state index contributed by atoms with van der Waals surface area (Å²) in [6.45, 7) is 3.74. The van der Waals surface area contributed by atoms with E-state index in [4.69, 9.17) is 0 Å². The van der Waals surface area contributed by atoms with E-state index in [1.807, 2.05) is 50.3 Å². The van der Waals surface area contributed by atoms with Gasteiger partial charge in [0.15, 0.2) is 5.78 Å². The van der Waals surface area contributed by atoms with Crippen LogP contribution in [0.2, 0.25) is 0 Å². The highest BCUT2D eigenvalue weighted by molar-refractivity contribution is 5.96. The van der Waals surface area contributed by atoms with Gasteiger partial charge in [0.05, 0.1) is 0 Å². The van der Waals surface area contributed by atoms with Crippen molar-refractivity contribution in [1.29, 1.82) is 0 Å². The van der Waals surface area contributed by atoms with Crippen LogP contribution in [-0.2, 0) is 11.2 Å². The van der Waals surface area contributed by atoms with Crippen LogP contribution in [0.5, 0.6) is 0 Å². The molecule has 1 rings (SSSR count). The van der Waals surface area contributed by atoms with Crippen LogP contribution < -0.4 is 0 Å². The maximum absolute atomic E-state index is 11.5. The highest BCUT2D eigenvalue weighted by Gasteiger charge is 2.03. The Morgan fingerprint density at radius 3 is 2.46 bits per heavy atom. The zero-order valence-electron chi connectivity index (χ0n) is 8.08. The van der Waals surface area contributed by atoms with Crippen LogP contribution in [0.25, 0.3) is 0 Å². The van der Waals surface area contributed by atoms with Crippen molar-refractivity contribution in [2.75, 3.05) is 0 Å². The van der Waals surface area contributed by atoms with Crippen LogP contribution in [0, 0.1) is 0 Å². The molecular weight excluding hydrogens is 160 g/mol. The molecule has 13 heavy (non-hydrogen) atoms. The SMILES string of the molecule is CC=C(C)C(=O)Cc1ccccc1. The first-order valence-electron chi connectivity index (χ1n) is 4.44. The lowest BCUT2D eigenvalue weighted by molar-refractivity contribution is -0.114. The molecule has 0 heterocycles. The molecule has 0 fully saturated rings. The van der Waals surface area contributed by atoms with Crippen LogP contribution in [0.3, 0.4) is 0 Å². The molecule has 0 aliphatic carbocycles. The lowest BCUT2D eigenvalue weighted by Crippen LogP contribution is -2.03. The molecular formula is C12H14O. The smallest absolute Gasteiger partial charge is 0.162 e. The molecule has 0 radical (unpaired) electrons. The van der Waals surface area contributed by atoms with E-state index in [2.05, 4.69) is 0 Å². The Hall–Kier alpha value is -1.37. The second-order valence-electron chi connectivity index (χ2n) is 3.06. The van der Waals surface area contributed by atoms with Gasteiger partial charge in [-0.05, 0) is 25.0 Å². The van der Waals surface area contributed by atoms with Gasteiger partial charge in [0.2, 0.25) is 0 Å². The summed E-state index contributed by atoms with van der Waals surface area (Å²) in [5, 5.41) is 0. The normalized spacial score (nSPS) is 11.4. The molecule has 0 atom stereocenters. The van der Waals surface area contributed by atoms with Gasteiger partial charge in [-0.25, -0.2) is 0 Å². The van der Waals surface area contributed by atoms with Crippen molar-refractivity contribution in [3.05, 3.63) is 47.5 Å². The second-order valence-corrected chi connectivity index (χ2v) is 3.06. The van der Waals surface area contributed by atoms with Crippen molar-refractivity contribution >= 4 is 5.78 Å². The molecule has 0 saturated carbocycles. The lowest BCUT2D eigenvalue weighted by Gasteiger charge is -1.99. The zero-order chi connectivity index (χ0) is 9.68. The van der Waals surface area contributed by atoms with Gasteiger partial charge >= 0.3 is 0 Å². The predicted molar refractivity (Wildman–Crippen MR) is 54.6 cm³/mol. The summed E-state index contributed by atoms with van der Waals surface area (Å²) in [5.41, 5.74) is 1.91. The van der Waals surface area contributed by atoms with Gasteiger partial charge in [-0.3, -0.25) is 4.79 Å². The van der Waals surface area contributed by atoms with Crippen LogP contribution in [0.1, 0.15) is 19.4 Å². The number of carbonyl (C=O) groups excluding carboxylic acids is 1. The molecule has 1 nitrogen and oxygen atoms in total. The summed E-state index contributed by atoms with van der Waals surface area (Å²) in [6.07, 6.45) is 2.36. The van der Waals surface area contributed by atoms with Crippen molar-refractivity contribution in [2.45, 2.75) is 20.3 Å². The standard InChI is InChI=1S/C12H14O/c1-3-10(2)12(13)9-11-7-5-4-6-8-11/h3-8H,9H2,1-2H3. The van der Waals surface area contributed by atoms with E-state index in [0.29, 0.717) is 6.42 Å². The molecule has 0 aliphatic heterocycles. The number of hydrogen-bond acceptors (Lipinski definition) is 1. The van der Waals surface area contributed by atoms with E-state index in [1.54, 1.807) is 0 Å². The molecule has 0 saturated heterocycles. The van der Waals surface area contributed by atoms with Gasteiger partial charge in [-0.1, -0.05) is 36.4 Å². The van der Waals surface area contributed by atoms with E-state index >= 15 is 0 Å². The molecule has 0 aromatic heterocycles. The number of allylic oxidation sites excluding steroid dienone is 2. The van der Waals surface area contributed by atoms with Crippen molar-refractivity contribution in [1.82, 2.24) is 0 Å². The van der Waals surface area contributed by atoms with Crippen molar-refractivity contribution in [2.24, 2.45) is 0 Å². The summed E-state index contributed by atoms with van der Waals surface area (Å²) in [6, 6.07) is 9.80. The van der Waals surface area contributed by atoms with Crippen molar-refractivity contribution in [3.63, 3.8) is 0 Å². The summed E-state index contributed by atoms with van der Waals surface area (Å²) < 4.78 is 0. The number of benzene rings is 1. The monoisotopic (exact) mass is 174 g/mol. The van der Waals surface area contributed by atoms with Crippen LogP contribution in [0.4, 0.5) is 0 Å². The topological polar surface area (TPSA) is 17.1 Å². The van der Waals surface area contributed by atoms with E-state index in [-0.39, 0.29) is 5.78 Å². The second kappa shape index (κ2) is 4.61. The fourth-order valence-corrected chi connectivity index (χ4v) is 1.08. The van der Waals surface area contributed by atoms with Gasteiger partial charge < -0.3 is 0 Å². The Balaban J connectivity index is 2.66. The van der Waals surface area contributed by atoms with Gasteiger partial charge in [-0.2, -0.15) is 0 Å². The van der Waals surface area contributed by atoms with Crippen LogP contribution in [0.15, 0.2) is 42.0 Å². The lowest BCUT2D eigenvalue weighted by atomic mass is 10.0. The minimum absolute atomic E-state index is 0.203. The zero-order valence-corrected chi connectivity index (χ0v) is 8.08. The Bertz CT molecular complexity index is 309. The third-order valence-corrected chi connectivity index (χ3v) is 2.08. The summed E-state index contributed by atoms with van der Waals surface area (Å²) >= 11 is 0. The number of rotatable bonds is 3. The Morgan fingerprint density at radius 2 is 1.92 bits per heavy atom. The Morgan fingerprint density at radius 1 is 1.31 bits per heavy atom. The van der Waals surface area contributed by atoms with Gasteiger partial charge in [0.1, 0.15) is 0 Å². The molecule has 1 aromatic carbocycles. The number of hydrogen-bond donors (Lipinski definition) is 0. The van der Waals surface area contributed by atoms with E-state index < -0.39 is 0 Å². The fourth-order valence-electron chi connectivity index (χ4n) is 1.08. The largest absolute Gasteiger partial charge is 0.294 e. The average molecular weight is 174 g/mol. The average Bonchev–Trinajstić information content (AvgIpc) is 2.18. The summed E-state index contributed by atoms with van der Waals surface area (Å²) in [5.74, 6) is 0.203. The number of carbonyl (C=O) groups is 1. The highest BCUT2D eigenvalue weighted by Crippen LogP contribution is 2.04. The third-order valence-electron chi connectivity index (χ3n) is 2.08. The molecule has 0 spiro atoms. The van der Waals surface area contributed by atoms with Crippen molar-refractivity contribution < 1.29 is 4.79 Å². The Labute approximate surface area is 79.1 Å². The Kier molecular flexibility index (Phi) is 3.44. The highest BCUT2D eigenvalue weighted by atomic mass is 16.1. The van der Waals surface area contributed by atoms with Gasteiger partial charge in [0.25, 0.3) is 0 Å². The van der Waals surface area contributed by atoms with Crippen molar-refractivity contribution in [3.8, 4) is 0 Å². The first kappa shape index (κ1) is 9.72. The minimum Gasteiger partial charge on any atom is -0.294 e. The quantitative estimate of drug-likeness (QED) is 0.644. The molecule has 0 aliphatic rings. The predicted octanol–water partition coefficient (Wildman–Crippen LogP) is 2.76. The fraction of sp³-hybridized carbons (Fsp3) is 0.250. The molecule has 1 aromatic rings. The van der Waals surface area contributed by atoms with E-state index in [1.165, 1.54) is 0 Å². The van der Waals surface area contributed by atoms with Gasteiger partial charge in [-0.15, -0.1) is 0 Å². The number of Topliss-reactive ketones (excluding diaryl/α,β-unsaturated/α-hetero) is 1. The van der Waals surface area contributed by atoms with Crippen LogP contribution >= 0.6 is 0 Å². The number of ketones is 1. The first-order chi connectivity index (χ1) is 6.24.